The lowest BCUT2D eigenvalue weighted by Gasteiger charge is -2.00. The summed E-state index contributed by atoms with van der Waals surface area (Å²) in [5, 5.41) is 4.91. The number of hydrogen-bond donors (Lipinski definition) is 2. The van der Waals surface area contributed by atoms with Gasteiger partial charge in [0.15, 0.2) is 0 Å². The van der Waals surface area contributed by atoms with Crippen LogP contribution in [-0.4, -0.2) is 12.5 Å². The van der Waals surface area contributed by atoms with Crippen molar-refractivity contribution in [1.82, 2.24) is 5.32 Å². The summed E-state index contributed by atoms with van der Waals surface area (Å²) in [6.07, 6.45) is 0. The molecule has 0 fully saturated rings. The molecule has 0 spiro atoms. The third-order valence-corrected chi connectivity index (χ3v) is 5.34. The molecule has 3 N–H and O–H groups in total. The molecule has 2 aromatic rings. The average molecular weight is 369 g/mol. The van der Waals surface area contributed by atoms with Gasteiger partial charge in [0.25, 0.3) is 5.91 Å². The number of carbonyl (C=O) groups is 1. The van der Waals surface area contributed by atoms with Crippen molar-refractivity contribution < 1.29 is 4.79 Å². The topological polar surface area (TPSA) is 55.1 Å². The summed E-state index contributed by atoms with van der Waals surface area (Å²) in [6, 6.07) is 3.87. The van der Waals surface area contributed by atoms with Crippen molar-refractivity contribution in [2.24, 2.45) is 5.73 Å². The molecule has 0 radical (unpaired) electrons. The van der Waals surface area contributed by atoms with Crippen molar-refractivity contribution >= 4 is 44.5 Å². The van der Waals surface area contributed by atoms with Crippen LogP contribution in [0, 0.1) is 18.8 Å². The number of amides is 1. The summed E-state index contributed by atoms with van der Waals surface area (Å²) in [5.74, 6) is 5.73. The first-order chi connectivity index (χ1) is 9.60. The van der Waals surface area contributed by atoms with E-state index in [1.54, 1.807) is 11.3 Å². The fraction of sp³-hybridized carbons (Fsp3) is 0.214. The molecule has 6 heteroatoms. The van der Waals surface area contributed by atoms with E-state index in [9.17, 15) is 4.79 Å². The lowest BCUT2D eigenvalue weighted by atomic mass is 10.2. The molecule has 1 amide bonds. The van der Waals surface area contributed by atoms with Gasteiger partial charge in [-0.1, -0.05) is 11.8 Å². The Morgan fingerprint density at radius 1 is 1.50 bits per heavy atom. The van der Waals surface area contributed by atoms with Crippen LogP contribution in [0.2, 0.25) is 0 Å². The quantitative estimate of drug-likeness (QED) is 0.817. The number of rotatable bonds is 3. The third kappa shape index (κ3) is 3.93. The van der Waals surface area contributed by atoms with Gasteiger partial charge in [0, 0.05) is 14.7 Å². The minimum Gasteiger partial charge on any atom is -0.346 e. The molecular weight excluding hydrogens is 356 g/mol. The molecule has 20 heavy (non-hydrogen) atoms. The molecule has 0 aliphatic rings. The van der Waals surface area contributed by atoms with E-state index in [4.69, 9.17) is 5.73 Å². The normalized spacial score (nSPS) is 9.95. The Kier molecular flexibility index (Phi) is 5.38. The number of aryl methyl sites for hydroxylation is 1. The fourth-order valence-corrected chi connectivity index (χ4v) is 3.90. The molecular formula is C14H13BrN2OS2. The van der Waals surface area contributed by atoms with E-state index in [0.717, 1.165) is 19.8 Å². The van der Waals surface area contributed by atoms with Gasteiger partial charge in [-0.2, -0.15) is 0 Å². The smallest absolute Gasteiger partial charge is 0.261 e. The van der Waals surface area contributed by atoms with E-state index in [1.807, 2.05) is 24.4 Å². The van der Waals surface area contributed by atoms with Crippen LogP contribution in [0.5, 0.6) is 0 Å². The van der Waals surface area contributed by atoms with E-state index in [2.05, 4.69) is 33.1 Å². The molecule has 0 bridgehead atoms. The SMILES string of the molecule is Cc1cc(C(=O)NCc2cc(Br)cs2)sc1C#CCN. The zero-order chi connectivity index (χ0) is 14.5. The molecule has 0 aromatic carbocycles. The fourth-order valence-electron chi connectivity index (χ4n) is 1.55. The van der Waals surface area contributed by atoms with Crippen molar-refractivity contribution in [3.05, 3.63) is 42.2 Å². The second-order valence-corrected chi connectivity index (χ2v) is 7.01. The predicted octanol–water partition coefficient (Wildman–Crippen LogP) is 3.12. The van der Waals surface area contributed by atoms with Crippen LogP contribution in [0.1, 0.15) is 25.0 Å². The lowest BCUT2D eigenvalue weighted by Crippen LogP contribution is -2.21. The van der Waals surface area contributed by atoms with Crippen molar-refractivity contribution in [1.29, 1.82) is 0 Å². The maximum absolute atomic E-state index is 12.1. The van der Waals surface area contributed by atoms with Gasteiger partial charge in [0.2, 0.25) is 0 Å². The van der Waals surface area contributed by atoms with Gasteiger partial charge >= 0.3 is 0 Å². The van der Waals surface area contributed by atoms with Gasteiger partial charge in [-0.05, 0) is 40.5 Å². The standard InChI is InChI=1S/C14H13BrN2OS2/c1-9-5-13(20-12(9)3-2-4-16)14(18)17-7-11-6-10(15)8-19-11/h5-6,8H,4,7,16H2,1H3,(H,17,18). The second kappa shape index (κ2) is 7.04. The van der Waals surface area contributed by atoms with E-state index < -0.39 is 0 Å². The Morgan fingerprint density at radius 3 is 2.95 bits per heavy atom. The summed E-state index contributed by atoms with van der Waals surface area (Å²) in [7, 11) is 0. The van der Waals surface area contributed by atoms with Gasteiger partial charge in [0.1, 0.15) is 0 Å². The van der Waals surface area contributed by atoms with Crippen molar-refractivity contribution in [3.8, 4) is 11.8 Å². The molecule has 0 aliphatic heterocycles. The summed E-state index contributed by atoms with van der Waals surface area (Å²) < 4.78 is 1.04. The van der Waals surface area contributed by atoms with E-state index in [-0.39, 0.29) is 5.91 Å². The van der Waals surface area contributed by atoms with Crippen LogP contribution >= 0.6 is 38.6 Å². The van der Waals surface area contributed by atoms with E-state index in [0.29, 0.717) is 18.0 Å². The molecule has 0 saturated heterocycles. The van der Waals surface area contributed by atoms with Gasteiger partial charge in [0.05, 0.1) is 22.8 Å². The highest BCUT2D eigenvalue weighted by Gasteiger charge is 2.11. The molecule has 2 rings (SSSR count). The van der Waals surface area contributed by atoms with Crippen molar-refractivity contribution in [2.45, 2.75) is 13.5 Å². The number of carbonyl (C=O) groups excluding carboxylic acids is 1. The third-order valence-electron chi connectivity index (χ3n) is 2.49. The molecule has 0 saturated carbocycles. The Labute approximate surface area is 134 Å². The minimum atomic E-state index is -0.0663. The van der Waals surface area contributed by atoms with E-state index >= 15 is 0 Å². The zero-order valence-corrected chi connectivity index (χ0v) is 14.0. The van der Waals surface area contributed by atoms with Crippen LogP contribution in [0.15, 0.2) is 22.0 Å². The summed E-state index contributed by atoms with van der Waals surface area (Å²) in [6.45, 7) is 2.81. The first-order valence-corrected chi connectivity index (χ1v) is 8.39. The minimum absolute atomic E-state index is 0.0663. The number of thiophene rings is 2. The monoisotopic (exact) mass is 368 g/mol. The Bertz CT molecular complexity index is 679. The highest BCUT2D eigenvalue weighted by Crippen LogP contribution is 2.22. The highest BCUT2D eigenvalue weighted by atomic mass is 79.9. The first-order valence-electron chi connectivity index (χ1n) is 5.90. The molecule has 0 atom stereocenters. The molecule has 0 unspecified atom stereocenters. The number of nitrogens with two attached hydrogens (primary N) is 1. The van der Waals surface area contributed by atoms with Gasteiger partial charge < -0.3 is 11.1 Å². The average Bonchev–Trinajstić information content (AvgIpc) is 3.00. The van der Waals surface area contributed by atoms with Crippen molar-refractivity contribution in [2.75, 3.05) is 6.54 Å². The van der Waals surface area contributed by atoms with Crippen LogP contribution in [-0.2, 0) is 6.54 Å². The summed E-state index contributed by atoms with van der Waals surface area (Å²) >= 11 is 6.41. The maximum Gasteiger partial charge on any atom is 0.261 e. The summed E-state index contributed by atoms with van der Waals surface area (Å²) in [4.78, 5) is 14.8. The first kappa shape index (κ1) is 15.3. The Balaban J connectivity index is 2.02. The van der Waals surface area contributed by atoms with Gasteiger partial charge in [-0.15, -0.1) is 22.7 Å². The van der Waals surface area contributed by atoms with Crippen LogP contribution in [0.25, 0.3) is 0 Å². The van der Waals surface area contributed by atoms with Crippen LogP contribution in [0.4, 0.5) is 0 Å². The maximum atomic E-state index is 12.1. The van der Waals surface area contributed by atoms with Gasteiger partial charge in [-0.3, -0.25) is 4.79 Å². The van der Waals surface area contributed by atoms with E-state index in [1.165, 1.54) is 11.3 Å². The summed E-state index contributed by atoms with van der Waals surface area (Å²) in [5.41, 5.74) is 6.37. The molecule has 3 nitrogen and oxygen atoms in total. The van der Waals surface area contributed by atoms with Crippen LogP contribution in [0.3, 0.4) is 0 Å². The highest BCUT2D eigenvalue weighted by molar-refractivity contribution is 9.10. The zero-order valence-electron chi connectivity index (χ0n) is 10.8. The Hall–Kier alpha value is -1.13. The molecule has 2 heterocycles. The second-order valence-electron chi connectivity index (χ2n) is 4.04. The number of hydrogen-bond acceptors (Lipinski definition) is 4. The van der Waals surface area contributed by atoms with Crippen LogP contribution < -0.4 is 11.1 Å². The number of halogens is 1. The lowest BCUT2D eigenvalue weighted by molar-refractivity contribution is 0.0955. The number of nitrogens with one attached hydrogen (secondary N) is 1. The van der Waals surface area contributed by atoms with Gasteiger partial charge in [-0.25, -0.2) is 0 Å². The van der Waals surface area contributed by atoms with Crippen molar-refractivity contribution in [3.63, 3.8) is 0 Å². The predicted molar refractivity (Wildman–Crippen MR) is 88.2 cm³/mol. The molecule has 104 valence electrons. The Morgan fingerprint density at radius 2 is 2.30 bits per heavy atom. The molecule has 2 aromatic heterocycles. The largest absolute Gasteiger partial charge is 0.346 e. The molecule has 0 aliphatic carbocycles.